The maximum atomic E-state index is 13.3. The molecule has 1 aromatic heterocycles. The van der Waals surface area contributed by atoms with Crippen LogP contribution in [0, 0.1) is 0 Å². The number of benzene rings is 1. The van der Waals surface area contributed by atoms with E-state index < -0.39 is 11.7 Å². The van der Waals surface area contributed by atoms with Gasteiger partial charge in [0.15, 0.2) is 0 Å². The van der Waals surface area contributed by atoms with Crippen molar-refractivity contribution < 1.29 is 22.7 Å². The summed E-state index contributed by atoms with van der Waals surface area (Å²) in [5.74, 6) is -0.177. The van der Waals surface area contributed by atoms with Gasteiger partial charge in [-0.25, -0.2) is 0 Å². The number of aromatic nitrogens is 1. The summed E-state index contributed by atoms with van der Waals surface area (Å²) in [4.78, 5) is 16.0. The fraction of sp³-hybridized carbons (Fsp3) is 0.368. The normalized spacial score (nSPS) is 11.5. The summed E-state index contributed by atoms with van der Waals surface area (Å²) in [5.41, 5.74) is -0.0470. The zero-order valence-electron chi connectivity index (χ0n) is 14.6. The molecule has 4 nitrogen and oxygen atoms in total. The highest BCUT2D eigenvalue weighted by molar-refractivity contribution is 5.76. The van der Waals surface area contributed by atoms with Gasteiger partial charge < -0.3 is 10.1 Å². The van der Waals surface area contributed by atoms with Crippen LogP contribution in [-0.2, 0) is 23.9 Å². The minimum Gasteiger partial charge on any atom is -0.491 e. The second kappa shape index (κ2) is 8.69. The first-order valence-corrected chi connectivity index (χ1v) is 8.29. The number of rotatable bonds is 7. The van der Waals surface area contributed by atoms with Gasteiger partial charge >= 0.3 is 6.18 Å². The van der Waals surface area contributed by atoms with Crippen molar-refractivity contribution in [2.24, 2.45) is 0 Å². The SMILES string of the molecule is CC(C)Oc1ccc(CNC(=O)CCc2ccccn2)c(C(F)(F)F)c1. The van der Waals surface area contributed by atoms with Crippen molar-refractivity contribution in [2.45, 2.75) is 45.5 Å². The van der Waals surface area contributed by atoms with E-state index in [1.807, 2.05) is 6.07 Å². The molecule has 0 unspecified atom stereocenters. The van der Waals surface area contributed by atoms with Gasteiger partial charge in [0.25, 0.3) is 0 Å². The molecule has 0 spiro atoms. The van der Waals surface area contributed by atoms with Gasteiger partial charge in [-0.3, -0.25) is 9.78 Å². The highest BCUT2D eigenvalue weighted by Crippen LogP contribution is 2.34. The number of aryl methyl sites for hydroxylation is 1. The Balaban J connectivity index is 2.00. The summed E-state index contributed by atoms with van der Waals surface area (Å²) in [6.07, 6.45) is -2.53. The molecule has 1 amide bonds. The lowest BCUT2D eigenvalue weighted by molar-refractivity contribution is -0.138. The van der Waals surface area contributed by atoms with Crippen molar-refractivity contribution in [1.82, 2.24) is 10.3 Å². The summed E-state index contributed by atoms with van der Waals surface area (Å²) < 4.78 is 45.2. The van der Waals surface area contributed by atoms with Gasteiger partial charge in [0, 0.05) is 24.9 Å². The number of hydrogen-bond acceptors (Lipinski definition) is 3. The number of ether oxygens (including phenoxy) is 1. The maximum Gasteiger partial charge on any atom is 0.416 e. The molecular formula is C19H21F3N2O2. The van der Waals surface area contributed by atoms with Crippen molar-refractivity contribution in [1.29, 1.82) is 0 Å². The maximum absolute atomic E-state index is 13.3. The van der Waals surface area contributed by atoms with E-state index in [2.05, 4.69) is 10.3 Å². The van der Waals surface area contributed by atoms with E-state index in [9.17, 15) is 18.0 Å². The van der Waals surface area contributed by atoms with Crippen molar-refractivity contribution in [2.75, 3.05) is 0 Å². The zero-order valence-corrected chi connectivity index (χ0v) is 14.6. The average Bonchev–Trinajstić information content (AvgIpc) is 2.58. The molecule has 26 heavy (non-hydrogen) atoms. The standard InChI is InChI=1S/C19H21F3N2O2/c1-13(2)26-16-8-6-14(17(11-16)19(20,21)22)12-24-18(25)9-7-15-5-3-4-10-23-15/h3-6,8,10-11,13H,7,9,12H2,1-2H3,(H,24,25). The highest BCUT2D eigenvalue weighted by Gasteiger charge is 2.33. The third-order valence-corrected chi connectivity index (χ3v) is 3.57. The molecule has 7 heteroatoms. The van der Waals surface area contributed by atoms with E-state index in [-0.39, 0.29) is 36.3 Å². The highest BCUT2D eigenvalue weighted by atomic mass is 19.4. The Labute approximate surface area is 150 Å². The van der Waals surface area contributed by atoms with Crippen LogP contribution in [0.2, 0.25) is 0 Å². The number of hydrogen-bond donors (Lipinski definition) is 1. The average molecular weight is 366 g/mol. The molecule has 1 heterocycles. The summed E-state index contributed by atoms with van der Waals surface area (Å²) in [6, 6.07) is 9.16. The molecule has 0 aliphatic rings. The Morgan fingerprint density at radius 2 is 2.00 bits per heavy atom. The van der Waals surface area contributed by atoms with Crippen LogP contribution < -0.4 is 10.1 Å². The molecule has 0 aliphatic carbocycles. The van der Waals surface area contributed by atoms with E-state index in [0.29, 0.717) is 6.42 Å². The van der Waals surface area contributed by atoms with E-state index in [4.69, 9.17) is 4.74 Å². The molecule has 0 atom stereocenters. The number of pyridine rings is 1. The molecule has 2 rings (SSSR count). The van der Waals surface area contributed by atoms with Gasteiger partial charge in [0.1, 0.15) is 5.75 Å². The molecule has 0 aliphatic heterocycles. The van der Waals surface area contributed by atoms with Gasteiger partial charge in [-0.15, -0.1) is 0 Å². The van der Waals surface area contributed by atoms with E-state index >= 15 is 0 Å². The van der Waals surface area contributed by atoms with Gasteiger partial charge in [-0.1, -0.05) is 12.1 Å². The number of nitrogens with one attached hydrogen (secondary N) is 1. The Morgan fingerprint density at radius 1 is 1.23 bits per heavy atom. The largest absolute Gasteiger partial charge is 0.491 e. The van der Waals surface area contributed by atoms with Crippen LogP contribution in [-0.4, -0.2) is 17.0 Å². The Hall–Kier alpha value is -2.57. The first kappa shape index (κ1) is 19.8. The van der Waals surface area contributed by atoms with Crippen LogP contribution in [0.1, 0.15) is 37.1 Å². The molecule has 0 saturated carbocycles. The Kier molecular flexibility index (Phi) is 6.60. The first-order valence-electron chi connectivity index (χ1n) is 8.29. The Morgan fingerprint density at radius 3 is 2.62 bits per heavy atom. The predicted molar refractivity (Wildman–Crippen MR) is 91.6 cm³/mol. The van der Waals surface area contributed by atoms with Gasteiger partial charge in [0.2, 0.25) is 5.91 Å². The minimum atomic E-state index is -4.52. The summed E-state index contributed by atoms with van der Waals surface area (Å²) >= 11 is 0. The molecule has 0 saturated heterocycles. The van der Waals surface area contributed by atoms with Crippen LogP contribution in [0.25, 0.3) is 0 Å². The third kappa shape index (κ3) is 6.06. The van der Waals surface area contributed by atoms with Crippen molar-refractivity contribution in [3.63, 3.8) is 0 Å². The number of halogens is 3. The second-order valence-electron chi connectivity index (χ2n) is 6.08. The smallest absolute Gasteiger partial charge is 0.416 e. The van der Waals surface area contributed by atoms with E-state index in [1.165, 1.54) is 12.1 Å². The number of carbonyl (C=O) groups excluding carboxylic acids is 1. The third-order valence-electron chi connectivity index (χ3n) is 3.57. The lowest BCUT2D eigenvalue weighted by Gasteiger charge is -2.17. The topological polar surface area (TPSA) is 51.2 Å². The molecular weight excluding hydrogens is 345 g/mol. The van der Waals surface area contributed by atoms with Gasteiger partial charge in [0.05, 0.1) is 11.7 Å². The molecule has 140 valence electrons. The molecule has 1 N–H and O–H groups in total. The van der Waals surface area contributed by atoms with Crippen LogP contribution in [0.3, 0.4) is 0 Å². The van der Waals surface area contributed by atoms with Crippen molar-refractivity contribution in [3.05, 3.63) is 59.4 Å². The molecule has 0 fully saturated rings. The number of nitrogens with zero attached hydrogens (tertiary/aromatic N) is 1. The summed E-state index contributed by atoms with van der Waals surface area (Å²) in [5, 5.41) is 2.53. The van der Waals surface area contributed by atoms with Gasteiger partial charge in [-0.05, 0) is 50.1 Å². The fourth-order valence-electron chi connectivity index (χ4n) is 2.39. The quantitative estimate of drug-likeness (QED) is 0.801. The summed E-state index contributed by atoms with van der Waals surface area (Å²) in [7, 11) is 0. The van der Waals surface area contributed by atoms with Crippen LogP contribution in [0.5, 0.6) is 5.75 Å². The van der Waals surface area contributed by atoms with Crippen molar-refractivity contribution in [3.8, 4) is 5.75 Å². The van der Waals surface area contributed by atoms with E-state index in [1.54, 1.807) is 32.2 Å². The monoisotopic (exact) mass is 366 g/mol. The number of amides is 1. The lowest BCUT2D eigenvalue weighted by Crippen LogP contribution is -2.25. The van der Waals surface area contributed by atoms with E-state index in [0.717, 1.165) is 11.8 Å². The van der Waals surface area contributed by atoms with Crippen LogP contribution in [0.15, 0.2) is 42.6 Å². The Bertz CT molecular complexity index is 731. The second-order valence-corrected chi connectivity index (χ2v) is 6.08. The fourth-order valence-corrected chi connectivity index (χ4v) is 2.39. The lowest BCUT2D eigenvalue weighted by atomic mass is 10.1. The predicted octanol–water partition coefficient (Wildman–Crippen LogP) is 4.14. The number of carbonyl (C=O) groups is 1. The number of alkyl halides is 3. The molecule has 0 bridgehead atoms. The molecule has 1 aromatic carbocycles. The minimum absolute atomic E-state index is 0.000192. The molecule has 2 aromatic rings. The summed E-state index contributed by atoms with van der Waals surface area (Å²) in [6.45, 7) is 3.28. The van der Waals surface area contributed by atoms with Gasteiger partial charge in [-0.2, -0.15) is 13.2 Å². The van der Waals surface area contributed by atoms with Crippen LogP contribution >= 0.6 is 0 Å². The zero-order chi connectivity index (χ0) is 19.2. The first-order chi connectivity index (χ1) is 12.3. The van der Waals surface area contributed by atoms with Crippen LogP contribution in [0.4, 0.5) is 13.2 Å². The van der Waals surface area contributed by atoms with Crippen molar-refractivity contribution >= 4 is 5.91 Å². The molecule has 0 radical (unpaired) electrons.